The highest BCUT2D eigenvalue weighted by molar-refractivity contribution is 5.40. The number of aromatic nitrogens is 2. The summed E-state index contributed by atoms with van der Waals surface area (Å²) in [5.41, 5.74) is 6.67. The third-order valence-corrected chi connectivity index (χ3v) is 2.84. The predicted molar refractivity (Wildman–Crippen MR) is 67.5 cm³/mol. The van der Waals surface area contributed by atoms with Gasteiger partial charge < -0.3 is 10.6 Å². The summed E-state index contributed by atoms with van der Waals surface area (Å²) < 4.78 is 0. The number of nitrogens with zero attached hydrogens (tertiary/aromatic N) is 3. The van der Waals surface area contributed by atoms with Gasteiger partial charge in [0.2, 0.25) is 0 Å². The first-order valence-corrected chi connectivity index (χ1v) is 5.98. The number of aryl methyl sites for hydroxylation is 1. The highest BCUT2D eigenvalue weighted by atomic mass is 15.2. The second-order valence-electron chi connectivity index (χ2n) is 3.97. The Hall–Kier alpha value is -1.16. The Morgan fingerprint density at radius 1 is 1.31 bits per heavy atom. The molecule has 2 N–H and O–H groups in total. The highest BCUT2D eigenvalue weighted by Gasteiger charge is 2.16. The van der Waals surface area contributed by atoms with Gasteiger partial charge in [-0.05, 0) is 19.8 Å². The lowest BCUT2D eigenvalue weighted by atomic mass is 10.1. The molecule has 0 unspecified atom stereocenters. The van der Waals surface area contributed by atoms with E-state index in [1.54, 1.807) is 6.33 Å². The topological polar surface area (TPSA) is 55.0 Å². The van der Waals surface area contributed by atoms with Gasteiger partial charge in [-0.15, -0.1) is 0 Å². The maximum absolute atomic E-state index is 5.67. The van der Waals surface area contributed by atoms with Crippen molar-refractivity contribution >= 4 is 5.82 Å². The molecule has 90 valence electrons. The number of nitrogens with two attached hydrogens (primary N) is 1. The molecule has 1 heterocycles. The van der Waals surface area contributed by atoms with E-state index in [1.807, 2.05) is 13.0 Å². The third kappa shape index (κ3) is 3.17. The van der Waals surface area contributed by atoms with E-state index in [0.717, 1.165) is 30.9 Å². The van der Waals surface area contributed by atoms with Gasteiger partial charge in [-0.2, -0.15) is 0 Å². The predicted octanol–water partition coefficient (Wildman–Crippen LogP) is 1.74. The maximum atomic E-state index is 5.67. The lowest BCUT2D eigenvalue weighted by molar-refractivity contribution is 0.553. The molecule has 0 atom stereocenters. The molecule has 0 amide bonds. The summed E-state index contributed by atoms with van der Waals surface area (Å²) >= 11 is 0. The fourth-order valence-corrected chi connectivity index (χ4v) is 1.95. The van der Waals surface area contributed by atoms with Crippen LogP contribution >= 0.6 is 0 Å². The SMILES string of the molecule is CCC(CC)N(CCN)c1cc(C)ncn1. The Kier molecular flexibility index (Phi) is 5.19. The molecule has 0 fully saturated rings. The Balaban J connectivity index is 2.91. The molecule has 16 heavy (non-hydrogen) atoms. The summed E-state index contributed by atoms with van der Waals surface area (Å²) in [6, 6.07) is 2.53. The van der Waals surface area contributed by atoms with Gasteiger partial charge in [0.15, 0.2) is 0 Å². The number of rotatable bonds is 6. The van der Waals surface area contributed by atoms with Crippen LogP contribution in [0.25, 0.3) is 0 Å². The zero-order chi connectivity index (χ0) is 12.0. The average Bonchev–Trinajstić information content (AvgIpc) is 2.29. The highest BCUT2D eigenvalue weighted by Crippen LogP contribution is 2.17. The van der Waals surface area contributed by atoms with Gasteiger partial charge >= 0.3 is 0 Å². The minimum absolute atomic E-state index is 0.512. The van der Waals surface area contributed by atoms with Crippen LogP contribution in [0, 0.1) is 6.92 Å². The molecule has 4 heteroatoms. The van der Waals surface area contributed by atoms with Crippen LogP contribution in [0.1, 0.15) is 32.4 Å². The lowest BCUT2D eigenvalue weighted by Crippen LogP contribution is -2.39. The van der Waals surface area contributed by atoms with Crippen LogP contribution in [-0.4, -0.2) is 29.1 Å². The summed E-state index contributed by atoms with van der Waals surface area (Å²) in [5.74, 6) is 0.992. The number of anilines is 1. The molecule has 0 aromatic carbocycles. The number of hydrogen-bond acceptors (Lipinski definition) is 4. The van der Waals surface area contributed by atoms with E-state index < -0.39 is 0 Å². The van der Waals surface area contributed by atoms with Crippen molar-refractivity contribution in [3.8, 4) is 0 Å². The Labute approximate surface area is 97.9 Å². The van der Waals surface area contributed by atoms with Crippen LogP contribution in [0.2, 0.25) is 0 Å². The average molecular weight is 222 g/mol. The molecular formula is C12H22N4. The Morgan fingerprint density at radius 2 is 2.00 bits per heavy atom. The molecule has 0 aliphatic heterocycles. The minimum atomic E-state index is 0.512. The quantitative estimate of drug-likeness (QED) is 0.796. The molecule has 0 aliphatic rings. The Morgan fingerprint density at radius 3 is 2.50 bits per heavy atom. The van der Waals surface area contributed by atoms with Crippen LogP contribution in [-0.2, 0) is 0 Å². The van der Waals surface area contributed by atoms with E-state index in [0.29, 0.717) is 12.6 Å². The van der Waals surface area contributed by atoms with Crippen LogP contribution in [0.4, 0.5) is 5.82 Å². The van der Waals surface area contributed by atoms with Crippen molar-refractivity contribution in [1.29, 1.82) is 0 Å². The van der Waals surface area contributed by atoms with Gasteiger partial charge in [0.25, 0.3) is 0 Å². The van der Waals surface area contributed by atoms with Gasteiger partial charge in [0.05, 0.1) is 0 Å². The van der Waals surface area contributed by atoms with Crippen LogP contribution in [0.3, 0.4) is 0 Å². The van der Waals surface area contributed by atoms with Crippen LogP contribution < -0.4 is 10.6 Å². The molecule has 0 radical (unpaired) electrons. The summed E-state index contributed by atoms with van der Waals surface area (Å²) in [4.78, 5) is 10.7. The summed E-state index contributed by atoms with van der Waals surface area (Å²) in [7, 11) is 0. The maximum Gasteiger partial charge on any atom is 0.132 e. The molecule has 1 aromatic rings. The molecule has 1 aromatic heterocycles. The molecule has 1 rings (SSSR count). The summed E-state index contributed by atoms with van der Waals surface area (Å²) in [6.07, 6.45) is 3.84. The van der Waals surface area contributed by atoms with E-state index >= 15 is 0 Å². The molecular weight excluding hydrogens is 200 g/mol. The molecule has 0 saturated carbocycles. The second kappa shape index (κ2) is 6.43. The first-order chi connectivity index (χ1) is 7.72. The van der Waals surface area contributed by atoms with Crippen LogP contribution in [0.15, 0.2) is 12.4 Å². The van der Waals surface area contributed by atoms with E-state index in [9.17, 15) is 0 Å². The smallest absolute Gasteiger partial charge is 0.132 e. The van der Waals surface area contributed by atoms with Gasteiger partial charge in [0, 0.05) is 30.9 Å². The molecule has 0 bridgehead atoms. The summed E-state index contributed by atoms with van der Waals surface area (Å²) in [5, 5.41) is 0. The van der Waals surface area contributed by atoms with Crippen molar-refractivity contribution in [3.63, 3.8) is 0 Å². The molecule has 0 aliphatic carbocycles. The standard InChI is InChI=1S/C12H22N4/c1-4-11(5-2)16(7-6-13)12-8-10(3)14-9-15-12/h8-9,11H,4-7,13H2,1-3H3. The van der Waals surface area contributed by atoms with Crippen molar-refractivity contribution in [2.75, 3.05) is 18.0 Å². The Bertz CT molecular complexity index is 310. The summed E-state index contributed by atoms with van der Waals surface area (Å²) in [6.45, 7) is 7.89. The van der Waals surface area contributed by atoms with Crippen molar-refractivity contribution in [1.82, 2.24) is 9.97 Å². The zero-order valence-corrected chi connectivity index (χ0v) is 10.5. The van der Waals surface area contributed by atoms with Crippen molar-refractivity contribution in [2.24, 2.45) is 5.73 Å². The normalized spacial score (nSPS) is 10.8. The van der Waals surface area contributed by atoms with Crippen LogP contribution in [0.5, 0.6) is 0 Å². The van der Waals surface area contributed by atoms with Crippen molar-refractivity contribution in [3.05, 3.63) is 18.1 Å². The van der Waals surface area contributed by atoms with Crippen molar-refractivity contribution in [2.45, 2.75) is 39.7 Å². The van der Waals surface area contributed by atoms with E-state index in [-0.39, 0.29) is 0 Å². The van der Waals surface area contributed by atoms with Crippen molar-refractivity contribution < 1.29 is 0 Å². The fraction of sp³-hybridized carbons (Fsp3) is 0.667. The molecule has 0 saturated heterocycles. The lowest BCUT2D eigenvalue weighted by Gasteiger charge is -2.31. The molecule has 0 spiro atoms. The zero-order valence-electron chi connectivity index (χ0n) is 10.5. The van der Waals surface area contributed by atoms with Gasteiger partial charge in [-0.3, -0.25) is 0 Å². The first kappa shape index (κ1) is 12.9. The first-order valence-electron chi connectivity index (χ1n) is 5.98. The number of hydrogen-bond donors (Lipinski definition) is 1. The van der Waals surface area contributed by atoms with Gasteiger partial charge in [-0.1, -0.05) is 13.8 Å². The van der Waals surface area contributed by atoms with E-state index in [4.69, 9.17) is 5.73 Å². The monoisotopic (exact) mass is 222 g/mol. The fourth-order valence-electron chi connectivity index (χ4n) is 1.95. The van der Waals surface area contributed by atoms with Gasteiger partial charge in [-0.25, -0.2) is 9.97 Å². The van der Waals surface area contributed by atoms with E-state index in [2.05, 4.69) is 28.7 Å². The largest absolute Gasteiger partial charge is 0.352 e. The van der Waals surface area contributed by atoms with Gasteiger partial charge in [0.1, 0.15) is 12.1 Å². The third-order valence-electron chi connectivity index (χ3n) is 2.84. The minimum Gasteiger partial charge on any atom is -0.352 e. The van der Waals surface area contributed by atoms with E-state index in [1.165, 1.54) is 0 Å². The second-order valence-corrected chi connectivity index (χ2v) is 3.97. The molecule has 4 nitrogen and oxygen atoms in total.